The van der Waals surface area contributed by atoms with E-state index in [2.05, 4.69) is 68.4 Å². The third-order valence-electron chi connectivity index (χ3n) is 7.55. The number of aryl methyl sites for hydroxylation is 1. The molecule has 3 aromatic carbocycles. The lowest BCUT2D eigenvalue weighted by Crippen LogP contribution is -2.13. The highest BCUT2D eigenvalue weighted by Gasteiger charge is 2.22. The Bertz CT molecular complexity index is 992. The summed E-state index contributed by atoms with van der Waals surface area (Å²) >= 11 is 0. The van der Waals surface area contributed by atoms with Crippen LogP contribution in [0, 0.1) is 11.7 Å². The summed E-state index contributed by atoms with van der Waals surface area (Å²) in [7, 11) is 0. The summed E-state index contributed by atoms with van der Waals surface area (Å²) in [4.78, 5) is 0. The summed E-state index contributed by atoms with van der Waals surface area (Å²) in [5.41, 5.74) is 6.49. The van der Waals surface area contributed by atoms with Gasteiger partial charge >= 0.3 is 0 Å². The molecule has 0 saturated heterocycles. The van der Waals surface area contributed by atoms with Gasteiger partial charge in [0.15, 0.2) is 0 Å². The molecule has 174 valence electrons. The molecule has 0 N–H and O–H groups in total. The number of benzene rings is 3. The summed E-state index contributed by atoms with van der Waals surface area (Å²) < 4.78 is 15.0. The van der Waals surface area contributed by atoms with E-state index in [1.807, 2.05) is 6.07 Å². The van der Waals surface area contributed by atoms with Crippen LogP contribution in [0.1, 0.15) is 88.7 Å². The van der Waals surface area contributed by atoms with Crippen molar-refractivity contribution in [3.8, 4) is 22.3 Å². The maximum absolute atomic E-state index is 15.0. The van der Waals surface area contributed by atoms with Crippen molar-refractivity contribution >= 4 is 0 Å². The van der Waals surface area contributed by atoms with Gasteiger partial charge in [0.1, 0.15) is 5.82 Å². The molecule has 1 aliphatic rings. The maximum Gasteiger partial charge on any atom is 0.131 e. The van der Waals surface area contributed by atoms with Crippen molar-refractivity contribution in [3.05, 3.63) is 83.7 Å². The van der Waals surface area contributed by atoms with Crippen molar-refractivity contribution in [1.29, 1.82) is 0 Å². The van der Waals surface area contributed by atoms with Gasteiger partial charge in [0.05, 0.1) is 0 Å². The Kier molecular flexibility index (Phi) is 8.37. The van der Waals surface area contributed by atoms with Crippen LogP contribution in [-0.4, -0.2) is 0 Å². The zero-order valence-electron chi connectivity index (χ0n) is 20.5. The minimum absolute atomic E-state index is 0.152. The van der Waals surface area contributed by atoms with Gasteiger partial charge in [0, 0.05) is 5.56 Å². The molecule has 1 heteroatoms. The smallest absolute Gasteiger partial charge is 0.131 e. The zero-order chi connectivity index (χ0) is 23.0. The molecule has 33 heavy (non-hydrogen) atoms. The molecule has 0 unspecified atom stereocenters. The molecule has 4 rings (SSSR count). The summed E-state index contributed by atoms with van der Waals surface area (Å²) in [6.45, 7) is 4.47. The molecular formula is C32H39F. The van der Waals surface area contributed by atoms with Crippen molar-refractivity contribution < 1.29 is 4.39 Å². The van der Waals surface area contributed by atoms with Crippen LogP contribution in [-0.2, 0) is 6.42 Å². The highest BCUT2D eigenvalue weighted by molar-refractivity contribution is 5.84. The molecule has 1 saturated carbocycles. The van der Waals surface area contributed by atoms with Crippen LogP contribution in [0.25, 0.3) is 22.3 Å². The minimum Gasteiger partial charge on any atom is -0.206 e. The molecule has 0 bridgehead atoms. The predicted octanol–water partition coefficient (Wildman–Crippen LogP) is 9.97. The van der Waals surface area contributed by atoms with E-state index >= 15 is 0 Å². The van der Waals surface area contributed by atoms with E-state index < -0.39 is 0 Å². The van der Waals surface area contributed by atoms with Crippen LogP contribution in [0.4, 0.5) is 4.39 Å². The Morgan fingerprint density at radius 1 is 0.727 bits per heavy atom. The van der Waals surface area contributed by atoms with E-state index in [-0.39, 0.29) is 5.82 Å². The predicted molar refractivity (Wildman–Crippen MR) is 140 cm³/mol. The topological polar surface area (TPSA) is 0 Å². The second kappa shape index (κ2) is 11.6. The number of rotatable bonds is 9. The number of unbranched alkanes of at least 4 members (excludes halogenated alkanes) is 2. The van der Waals surface area contributed by atoms with E-state index in [9.17, 15) is 4.39 Å². The van der Waals surface area contributed by atoms with Crippen LogP contribution in [0.5, 0.6) is 0 Å². The Balaban J connectivity index is 1.49. The van der Waals surface area contributed by atoms with E-state index in [0.29, 0.717) is 11.5 Å². The highest BCUT2D eigenvalue weighted by atomic mass is 19.1. The molecule has 1 aliphatic carbocycles. The molecule has 3 aromatic rings. The fourth-order valence-corrected chi connectivity index (χ4v) is 5.59. The summed E-state index contributed by atoms with van der Waals surface area (Å²) in [6, 6.07) is 22.8. The van der Waals surface area contributed by atoms with Crippen molar-refractivity contribution in [2.24, 2.45) is 5.92 Å². The average molecular weight is 443 g/mol. The molecule has 0 amide bonds. The fraction of sp³-hybridized carbons (Fsp3) is 0.438. The molecule has 1 fully saturated rings. The molecule has 0 radical (unpaired) electrons. The fourth-order valence-electron chi connectivity index (χ4n) is 5.59. The molecule has 0 heterocycles. The van der Waals surface area contributed by atoms with Crippen LogP contribution in [0.3, 0.4) is 0 Å². The normalized spacial score (nSPS) is 18.4. The third kappa shape index (κ3) is 5.94. The van der Waals surface area contributed by atoms with E-state index in [4.69, 9.17) is 0 Å². The van der Waals surface area contributed by atoms with E-state index in [1.54, 1.807) is 6.07 Å². The summed E-state index contributed by atoms with van der Waals surface area (Å²) in [6.07, 6.45) is 13.1. The lowest BCUT2D eigenvalue weighted by Gasteiger charge is -2.29. The second-order valence-corrected chi connectivity index (χ2v) is 9.94. The van der Waals surface area contributed by atoms with E-state index in [0.717, 1.165) is 35.4 Å². The van der Waals surface area contributed by atoms with Gasteiger partial charge in [-0.3, -0.25) is 0 Å². The maximum atomic E-state index is 15.0. The van der Waals surface area contributed by atoms with Gasteiger partial charge in [-0.1, -0.05) is 107 Å². The summed E-state index contributed by atoms with van der Waals surface area (Å²) in [5, 5.41) is 0. The number of halogens is 1. The number of hydrogen-bond donors (Lipinski definition) is 0. The molecular weight excluding hydrogens is 403 g/mol. The molecule has 0 spiro atoms. The second-order valence-electron chi connectivity index (χ2n) is 9.94. The molecule has 0 nitrogen and oxygen atoms in total. The van der Waals surface area contributed by atoms with Crippen molar-refractivity contribution in [1.82, 2.24) is 0 Å². The third-order valence-corrected chi connectivity index (χ3v) is 7.55. The average Bonchev–Trinajstić information content (AvgIpc) is 2.85. The van der Waals surface area contributed by atoms with Gasteiger partial charge in [0.2, 0.25) is 0 Å². The first-order valence-corrected chi connectivity index (χ1v) is 13.2. The van der Waals surface area contributed by atoms with E-state index in [1.165, 1.54) is 62.5 Å². The van der Waals surface area contributed by atoms with Gasteiger partial charge in [-0.2, -0.15) is 0 Å². The zero-order valence-corrected chi connectivity index (χ0v) is 20.5. The van der Waals surface area contributed by atoms with Crippen molar-refractivity contribution in [2.75, 3.05) is 0 Å². The molecule has 0 atom stereocenters. The van der Waals surface area contributed by atoms with Crippen LogP contribution >= 0.6 is 0 Å². The summed E-state index contributed by atoms with van der Waals surface area (Å²) in [5.74, 6) is 1.46. The molecule has 0 aromatic heterocycles. The first-order valence-electron chi connectivity index (χ1n) is 13.2. The number of hydrogen-bond acceptors (Lipinski definition) is 0. The Hall–Kier alpha value is -2.41. The van der Waals surface area contributed by atoms with Gasteiger partial charge in [-0.05, 0) is 77.8 Å². The largest absolute Gasteiger partial charge is 0.206 e. The van der Waals surface area contributed by atoms with Gasteiger partial charge < -0.3 is 0 Å². The van der Waals surface area contributed by atoms with Gasteiger partial charge in [-0.15, -0.1) is 0 Å². The lowest BCUT2D eigenvalue weighted by molar-refractivity contribution is 0.303. The molecule has 0 aliphatic heterocycles. The van der Waals surface area contributed by atoms with Crippen LogP contribution < -0.4 is 0 Å². The van der Waals surface area contributed by atoms with Crippen LogP contribution in [0.2, 0.25) is 0 Å². The lowest BCUT2D eigenvalue weighted by atomic mass is 9.77. The first-order chi connectivity index (χ1) is 16.2. The quantitative estimate of drug-likeness (QED) is 0.289. The van der Waals surface area contributed by atoms with Gasteiger partial charge in [0.25, 0.3) is 0 Å². The SMILES string of the molecule is CCCCCC1CCC(c2ccc(-c3cccc(F)c3-c3ccc(CCC)cc3)cc2)CC1. The van der Waals surface area contributed by atoms with Crippen LogP contribution in [0.15, 0.2) is 66.7 Å². The Labute approximate surface area is 200 Å². The van der Waals surface area contributed by atoms with Gasteiger partial charge in [-0.25, -0.2) is 4.39 Å². The monoisotopic (exact) mass is 442 g/mol. The van der Waals surface area contributed by atoms with Crippen molar-refractivity contribution in [2.45, 2.75) is 84.0 Å². The Morgan fingerprint density at radius 2 is 1.42 bits per heavy atom. The highest BCUT2D eigenvalue weighted by Crippen LogP contribution is 2.39. The van der Waals surface area contributed by atoms with Crippen molar-refractivity contribution in [3.63, 3.8) is 0 Å². The Morgan fingerprint density at radius 3 is 2.09 bits per heavy atom. The first kappa shape index (κ1) is 23.7. The minimum atomic E-state index is -0.152. The standard InChI is InChI=1S/C32H39F/c1-3-5-6-9-25-12-16-26(17-13-25)27-20-22-28(23-21-27)30-10-7-11-31(33)32(30)29-18-14-24(8-4-2)15-19-29/h7,10-11,14-15,18-23,25-26H,3-6,8-9,12-13,16-17H2,1-2H3.